The minimum absolute atomic E-state index is 0.0739. The third-order valence-electron chi connectivity index (χ3n) is 4.89. The molecule has 0 heterocycles. The standard InChI is InChI=1S/C25H28N2O6/c1-16-6-7-17(2)24(18(16)3)32-15-23(28)33-21-9-8-19(13-22(21)31-5)12-20(14-26)25(29)27-10-11-30-4/h6-9,12-13H,10-11,15H2,1-5H3,(H,27,29)/b20-12+. The first-order valence-electron chi connectivity index (χ1n) is 10.3. The molecule has 2 aromatic rings. The van der Waals surface area contributed by atoms with Crippen molar-refractivity contribution in [3.05, 3.63) is 58.2 Å². The highest BCUT2D eigenvalue weighted by Crippen LogP contribution is 2.30. The summed E-state index contributed by atoms with van der Waals surface area (Å²) in [5.41, 5.74) is 3.43. The number of benzene rings is 2. The number of nitrogens with zero attached hydrogens (tertiary/aromatic N) is 1. The summed E-state index contributed by atoms with van der Waals surface area (Å²) in [6.45, 7) is 6.18. The van der Waals surface area contributed by atoms with Crippen LogP contribution in [0.3, 0.4) is 0 Å². The molecule has 0 atom stereocenters. The summed E-state index contributed by atoms with van der Waals surface area (Å²) in [6, 6.07) is 10.5. The van der Waals surface area contributed by atoms with Crippen molar-refractivity contribution >= 4 is 18.0 Å². The summed E-state index contributed by atoms with van der Waals surface area (Å²) < 4.78 is 21.3. The maximum absolute atomic E-state index is 12.4. The summed E-state index contributed by atoms with van der Waals surface area (Å²) in [5.74, 6) is 0.0309. The highest BCUT2D eigenvalue weighted by Gasteiger charge is 2.15. The van der Waals surface area contributed by atoms with Crippen LogP contribution >= 0.6 is 0 Å². The highest BCUT2D eigenvalue weighted by atomic mass is 16.6. The number of rotatable bonds is 10. The molecule has 0 saturated carbocycles. The van der Waals surface area contributed by atoms with Crippen molar-refractivity contribution in [1.29, 1.82) is 5.26 Å². The number of ether oxygens (including phenoxy) is 4. The van der Waals surface area contributed by atoms with Gasteiger partial charge in [0.1, 0.15) is 17.4 Å². The van der Waals surface area contributed by atoms with E-state index < -0.39 is 11.9 Å². The predicted octanol–water partition coefficient (Wildman–Crippen LogP) is 3.27. The number of nitriles is 1. The van der Waals surface area contributed by atoms with E-state index >= 15 is 0 Å². The second kappa shape index (κ2) is 12.3. The van der Waals surface area contributed by atoms with Gasteiger partial charge in [-0.25, -0.2) is 4.79 Å². The second-order valence-corrected chi connectivity index (χ2v) is 7.25. The lowest BCUT2D eigenvalue weighted by Crippen LogP contribution is -2.27. The number of nitrogens with one attached hydrogen (secondary N) is 1. The number of aryl methyl sites for hydroxylation is 2. The fraction of sp³-hybridized carbons (Fsp3) is 0.320. The van der Waals surface area contributed by atoms with Gasteiger partial charge in [0.25, 0.3) is 5.91 Å². The summed E-state index contributed by atoms with van der Waals surface area (Å²) in [6.07, 6.45) is 1.42. The van der Waals surface area contributed by atoms with Gasteiger partial charge in [0.05, 0.1) is 13.7 Å². The van der Waals surface area contributed by atoms with Crippen molar-refractivity contribution in [3.8, 4) is 23.3 Å². The topological polar surface area (TPSA) is 107 Å². The van der Waals surface area contributed by atoms with Crippen molar-refractivity contribution in [3.63, 3.8) is 0 Å². The Labute approximate surface area is 193 Å². The van der Waals surface area contributed by atoms with Gasteiger partial charge < -0.3 is 24.3 Å². The van der Waals surface area contributed by atoms with Crippen molar-refractivity contribution < 1.29 is 28.5 Å². The lowest BCUT2D eigenvalue weighted by atomic mass is 10.1. The molecule has 0 radical (unpaired) electrons. The molecule has 0 aliphatic heterocycles. The van der Waals surface area contributed by atoms with Crippen molar-refractivity contribution in [2.24, 2.45) is 0 Å². The zero-order valence-electron chi connectivity index (χ0n) is 19.5. The number of hydrogen-bond donors (Lipinski definition) is 1. The van der Waals surface area contributed by atoms with Gasteiger partial charge in [-0.1, -0.05) is 18.2 Å². The van der Waals surface area contributed by atoms with Gasteiger partial charge in [-0.2, -0.15) is 5.26 Å². The highest BCUT2D eigenvalue weighted by molar-refractivity contribution is 6.01. The maximum Gasteiger partial charge on any atom is 0.349 e. The van der Waals surface area contributed by atoms with Crippen LogP contribution in [0.5, 0.6) is 17.2 Å². The van der Waals surface area contributed by atoms with Gasteiger partial charge in [-0.3, -0.25) is 4.79 Å². The van der Waals surface area contributed by atoms with Crippen LogP contribution in [0.2, 0.25) is 0 Å². The molecule has 0 bridgehead atoms. The zero-order chi connectivity index (χ0) is 24.4. The van der Waals surface area contributed by atoms with E-state index in [0.29, 0.717) is 17.9 Å². The lowest BCUT2D eigenvalue weighted by Gasteiger charge is -2.14. The molecule has 8 heteroatoms. The first-order valence-corrected chi connectivity index (χ1v) is 10.3. The minimum Gasteiger partial charge on any atom is -0.493 e. The number of amides is 1. The molecule has 1 amide bonds. The van der Waals surface area contributed by atoms with E-state index in [0.717, 1.165) is 16.7 Å². The molecule has 0 aliphatic carbocycles. The molecule has 0 unspecified atom stereocenters. The molecule has 8 nitrogen and oxygen atoms in total. The molecule has 0 saturated heterocycles. The monoisotopic (exact) mass is 452 g/mol. The van der Waals surface area contributed by atoms with Crippen LogP contribution in [-0.4, -0.2) is 45.9 Å². The quantitative estimate of drug-likeness (QED) is 0.194. The normalized spacial score (nSPS) is 10.8. The Morgan fingerprint density at radius 2 is 1.79 bits per heavy atom. The smallest absolute Gasteiger partial charge is 0.349 e. The molecule has 2 rings (SSSR count). The largest absolute Gasteiger partial charge is 0.493 e. The van der Waals surface area contributed by atoms with Crippen LogP contribution in [-0.2, 0) is 14.3 Å². The molecular weight excluding hydrogens is 424 g/mol. The van der Waals surface area contributed by atoms with E-state index in [1.54, 1.807) is 12.1 Å². The Hall–Kier alpha value is -3.83. The Kier molecular flexibility index (Phi) is 9.45. The van der Waals surface area contributed by atoms with Gasteiger partial charge in [0.15, 0.2) is 18.1 Å². The van der Waals surface area contributed by atoms with Crippen LogP contribution in [0.4, 0.5) is 0 Å². The van der Waals surface area contributed by atoms with Crippen LogP contribution in [0, 0.1) is 32.1 Å². The fourth-order valence-electron chi connectivity index (χ4n) is 2.97. The molecule has 174 valence electrons. The van der Waals surface area contributed by atoms with E-state index in [2.05, 4.69) is 5.32 Å². The van der Waals surface area contributed by atoms with Gasteiger partial charge in [-0.05, 0) is 61.2 Å². The number of methoxy groups -OCH3 is 2. The fourth-order valence-corrected chi connectivity index (χ4v) is 2.97. The lowest BCUT2D eigenvalue weighted by molar-refractivity contribution is -0.136. The van der Waals surface area contributed by atoms with Gasteiger partial charge in [-0.15, -0.1) is 0 Å². The SMILES string of the molecule is COCCNC(=O)/C(C#N)=C/c1ccc(OC(=O)COc2c(C)ccc(C)c2C)c(OC)c1. The summed E-state index contributed by atoms with van der Waals surface area (Å²) >= 11 is 0. The summed E-state index contributed by atoms with van der Waals surface area (Å²) in [7, 11) is 2.95. The van der Waals surface area contributed by atoms with Crippen LogP contribution in [0.25, 0.3) is 6.08 Å². The predicted molar refractivity (Wildman–Crippen MR) is 123 cm³/mol. The van der Waals surface area contributed by atoms with E-state index in [1.807, 2.05) is 39.0 Å². The molecule has 0 fully saturated rings. The van der Waals surface area contributed by atoms with E-state index in [-0.39, 0.29) is 30.2 Å². The number of carbonyl (C=O) groups is 2. The van der Waals surface area contributed by atoms with E-state index in [1.165, 1.54) is 26.4 Å². The van der Waals surface area contributed by atoms with E-state index in [4.69, 9.17) is 18.9 Å². The average Bonchev–Trinajstić information content (AvgIpc) is 2.80. The molecule has 33 heavy (non-hydrogen) atoms. The minimum atomic E-state index is -0.591. The Morgan fingerprint density at radius 1 is 1.06 bits per heavy atom. The van der Waals surface area contributed by atoms with Crippen molar-refractivity contribution in [2.45, 2.75) is 20.8 Å². The zero-order valence-corrected chi connectivity index (χ0v) is 19.5. The van der Waals surface area contributed by atoms with E-state index in [9.17, 15) is 14.9 Å². The first-order chi connectivity index (χ1) is 15.8. The van der Waals surface area contributed by atoms with Crippen molar-refractivity contribution in [2.75, 3.05) is 34.0 Å². The Morgan fingerprint density at radius 3 is 2.45 bits per heavy atom. The maximum atomic E-state index is 12.4. The molecule has 2 aromatic carbocycles. The average molecular weight is 453 g/mol. The van der Waals surface area contributed by atoms with Crippen LogP contribution in [0.1, 0.15) is 22.3 Å². The van der Waals surface area contributed by atoms with Crippen molar-refractivity contribution in [1.82, 2.24) is 5.32 Å². The molecule has 0 aromatic heterocycles. The summed E-state index contributed by atoms with van der Waals surface area (Å²) in [5, 5.41) is 11.9. The number of hydrogen-bond acceptors (Lipinski definition) is 7. The van der Waals surface area contributed by atoms with Gasteiger partial charge >= 0.3 is 5.97 Å². The first kappa shape index (κ1) is 25.4. The second-order valence-electron chi connectivity index (χ2n) is 7.25. The Balaban J connectivity index is 2.10. The van der Waals surface area contributed by atoms with Gasteiger partial charge in [0.2, 0.25) is 0 Å². The molecule has 0 aliphatic rings. The molecule has 0 spiro atoms. The van der Waals surface area contributed by atoms with Gasteiger partial charge in [0, 0.05) is 13.7 Å². The van der Waals surface area contributed by atoms with Crippen LogP contribution < -0.4 is 19.5 Å². The third-order valence-corrected chi connectivity index (χ3v) is 4.89. The summed E-state index contributed by atoms with van der Waals surface area (Å²) in [4.78, 5) is 24.5. The molecule has 1 N–H and O–H groups in total. The Bertz CT molecular complexity index is 1090. The third kappa shape index (κ3) is 7.09. The number of carbonyl (C=O) groups excluding carboxylic acids is 2. The van der Waals surface area contributed by atoms with Crippen LogP contribution in [0.15, 0.2) is 35.9 Å². The molecular formula is C25H28N2O6. The number of esters is 1.